The molecule has 0 aliphatic carbocycles. The van der Waals surface area contributed by atoms with Gasteiger partial charge in [0.25, 0.3) is 5.95 Å². The van der Waals surface area contributed by atoms with Gasteiger partial charge in [0.1, 0.15) is 0 Å². The highest BCUT2D eigenvalue weighted by molar-refractivity contribution is 5.28. The number of aromatic nitrogens is 2. The van der Waals surface area contributed by atoms with Crippen molar-refractivity contribution in [1.29, 1.82) is 0 Å². The van der Waals surface area contributed by atoms with Crippen LogP contribution in [0.1, 0.15) is 25.2 Å². The van der Waals surface area contributed by atoms with Crippen LogP contribution in [0.25, 0.3) is 0 Å². The maximum absolute atomic E-state index is 8.65. The van der Waals surface area contributed by atoms with Gasteiger partial charge in [-0.05, 0) is 24.4 Å². The van der Waals surface area contributed by atoms with Crippen LogP contribution >= 0.6 is 0 Å². The third kappa shape index (κ3) is 2.04. The fourth-order valence-corrected chi connectivity index (χ4v) is 1.62. The summed E-state index contributed by atoms with van der Waals surface area (Å²) in [6.45, 7) is 2.22. The molecular weight excluding hydrogens is 182 g/mol. The molecule has 1 aromatic rings. The molecule has 5 heteroatoms. The van der Waals surface area contributed by atoms with E-state index in [9.17, 15) is 0 Å². The van der Waals surface area contributed by atoms with Gasteiger partial charge in [-0.25, -0.2) is 0 Å². The molecule has 2 heterocycles. The first-order valence-corrected chi connectivity index (χ1v) is 5.08. The molecule has 1 N–H and O–H groups in total. The monoisotopic (exact) mass is 197 g/mol. The van der Waals surface area contributed by atoms with Gasteiger partial charge in [0, 0.05) is 26.1 Å². The van der Waals surface area contributed by atoms with Crippen molar-refractivity contribution >= 4 is 5.95 Å². The summed E-state index contributed by atoms with van der Waals surface area (Å²) in [6, 6.07) is 0. The first kappa shape index (κ1) is 9.45. The molecule has 0 spiro atoms. The van der Waals surface area contributed by atoms with Crippen molar-refractivity contribution in [2.45, 2.75) is 25.7 Å². The Kier molecular flexibility index (Phi) is 2.98. The minimum Gasteiger partial charge on any atom is -0.396 e. The average molecular weight is 197 g/mol. The van der Waals surface area contributed by atoms with Gasteiger partial charge in [0.2, 0.25) is 5.89 Å². The van der Waals surface area contributed by atoms with Crippen LogP contribution in [0, 0.1) is 0 Å². The van der Waals surface area contributed by atoms with E-state index in [-0.39, 0.29) is 6.61 Å². The van der Waals surface area contributed by atoms with Crippen LogP contribution < -0.4 is 4.90 Å². The highest BCUT2D eigenvalue weighted by atomic mass is 16.5. The molecule has 0 radical (unpaired) electrons. The Bertz CT molecular complexity index is 281. The Morgan fingerprint density at radius 2 is 2.14 bits per heavy atom. The number of aliphatic hydroxyl groups excluding tert-OH is 1. The average Bonchev–Trinajstić information content (AvgIpc) is 2.85. The van der Waals surface area contributed by atoms with Gasteiger partial charge >= 0.3 is 0 Å². The van der Waals surface area contributed by atoms with Crippen molar-refractivity contribution in [3.8, 4) is 0 Å². The fraction of sp³-hybridized carbons (Fsp3) is 0.778. The molecule has 0 aromatic carbocycles. The summed E-state index contributed by atoms with van der Waals surface area (Å²) in [7, 11) is 0. The Morgan fingerprint density at radius 1 is 1.36 bits per heavy atom. The third-order valence-electron chi connectivity index (χ3n) is 2.40. The highest BCUT2D eigenvalue weighted by Crippen LogP contribution is 2.16. The second-order valence-corrected chi connectivity index (χ2v) is 3.51. The van der Waals surface area contributed by atoms with E-state index in [1.807, 2.05) is 0 Å². The largest absolute Gasteiger partial charge is 0.396 e. The molecule has 1 aromatic heterocycles. The molecule has 78 valence electrons. The summed E-state index contributed by atoms with van der Waals surface area (Å²) >= 11 is 0. The van der Waals surface area contributed by atoms with E-state index in [4.69, 9.17) is 9.63 Å². The van der Waals surface area contributed by atoms with Crippen LogP contribution in [-0.2, 0) is 6.42 Å². The number of hydrogen-bond acceptors (Lipinski definition) is 5. The van der Waals surface area contributed by atoms with Crippen LogP contribution in [0.2, 0.25) is 0 Å². The van der Waals surface area contributed by atoms with E-state index >= 15 is 0 Å². The molecule has 2 rings (SSSR count). The number of hydrogen-bond donors (Lipinski definition) is 1. The summed E-state index contributed by atoms with van der Waals surface area (Å²) < 4.78 is 5.07. The van der Waals surface area contributed by atoms with E-state index in [0.717, 1.165) is 13.1 Å². The molecule has 0 atom stereocenters. The molecule has 0 unspecified atom stereocenters. The lowest BCUT2D eigenvalue weighted by molar-refractivity contribution is 0.278. The molecule has 1 saturated heterocycles. The molecule has 1 aliphatic rings. The number of nitrogens with zero attached hydrogens (tertiary/aromatic N) is 3. The normalized spacial score (nSPS) is 16.5. The van der Waals surface area contributed by atoms with Crippen molar-refractivity contribution in [1.82, 2.24) is 10.1 Å². The van der Waals surface area contributed by atoms with Crippen LogP contribution in [-0.4, -0.2) is 34.9 Å². The smallest absolute Gasteiger partial charge is 0.266 e. The Hall–Kier alpha value is -1.10. The quantitative estimate of drug-likeness (QED) is 0.765. The summed E-state index contributed by atoms with van der Waals surface area (Å²) in [5.41, 5.74) is 0. The van der Waals surface area contributed by atoms with E-state index in [1.165, 1.54) is 12.8 Å². The summed E-state index contributed by atoms with van der Waals surface area (Å²) in [6.07, 6.45) is 3.76. The standard InChI is InChI=1S/C9H15N3O2/c13-7-3-4-8-10-9(11-14-8)12-5-1-2-6-12/h13H,1-7H2. The number of rotatable bonds is 4. The second-order valence-electron chi connectivity index (χ2n) is 3.51. The van der Waals surface area contributed by atoms with E-state index in [0.29, 0.717) is 24.7 Å². The lowest BCUT2D eigenvalue weighted by atomic mass is 10.3. The lowest BCUT2D eigenvalue weighted by Gasteiger charge is -2.09. The SMILES string of the molecule is OCCCc1nc(N2CCCC2)no1. The number of anilines is 1. The molecule has 14 heavy (non-hydrogen) atoms. The summed E-state index contributed by atoms with van der Waals surface area (Å²) in [4.78, 5) is 6.40. The lowest BCUT2D eigenvalue weighted by Crippen LogP contribution is -2.18. The molecule has 0 bridgehead atoms. The van der Waals surface area contributed by atoms with Crippen LogP contribution in [0.5, 0.6) is 0 Å². The molecule has 0 saturated carbocycles. The van der Waals surface area contributed by atoms with E-state index in [2.05, 4.69) is 15.0 Å². The first-order valence-electron chi connectivity index (χ1n) is 5.08. The Balaban J connectivity index is 1.94. The number of aryl methyl sites for hydroxylation is 1. The molecule has 1 aliphatic heterocycles. The van der Waals surface area contributed by atoms with Crippen LogP contribution in [0.3, 0.4) is 0 Å². The third-order valence-corrected chi connectivity index (χ3v) is 2.40. The van der Waals surface area contributed by atoms with E-state index in [1.54, 1.807) is 0 Å². The van der Waals surface area contributed by atoms with Gasteiger partial charge in [-0.2, -0.15) is 4.98 Å². The summed E-state index contributed by atoms with van der Waals surface area (Å²) in [5, 5.41) is 12.6. The predicted octanol–water partition coefficient (Wildman–Crippen LogP) is 0.595. The van der Waals surface area contributed by atoms with Crippen molar-refractivity contribution < 1.29 is 9.63 Å². The Morgan fingerprint density at radius 3 is 2.86 bits per heavy atom. The Labute approximate surface area is 82.7 Å². The zero-order chi connectivity index (χ0) is 9.80. The highest BCUT2D eigenvalue weighted by Gasteiger charge is 2.17. The van der Waals surface area contributed by atoms with Gasteiger partial charge in [0.05, 0.1) is 0 Å². The van der Waals surface area contributed by atoms with Gasteiger partial charge in [-0.15, -0.1) is 0 Å². The van der Waals surface area contributed by atoms with Crippen LogP contribution in [0.15, 0.2) is 4.52 Å². The maximum Gasteiger partial charge on any atom is 0.266 e. The van der Waals surface area contributed by atoms with Gasteiger partial charge in [0.15, 0.2) is 0 Å². The van der Waals surface area contributed by atoms with Crippen LogP contribution in [0.4, 0.5) is 5.95 Å². The minimum absolute atomic E-state index is 0.168. The predicted molar refractivity (Wildman–Crippen MR) is 51.2 cm³/mol. The van der Waals surface area contributed by atoms with Gasteiger partial charge < -0.3 is 14.5 Å². The first-order chi connectivity index (χ1) is 6.90. The van der Waals surface area contributed by atoms with Crippen molar-refractivity contribution in [3.63, 3.8) is 0 Å². The minimum atomic E-state index is 0.168. The van der Waals surface area contributed by atoms with Gasteiger partial charge in [-0.1, -0.05) is 0 Å². The van der Waals surface area contributed by atoms with Gasteiger partial charge in [-0.3, -0.25) is 0 Å². The van der Waals surface area contributed by atoms with E-state index < -0.39 is 0 Å². The van der Waals surface area contributed by atoms with Crippen molar-refractivity contribution in [2.75, 3.05) is 24.6 Å². The zero-order valence-corrected chi connectivity index (χ0v) is 8.15. The second kappa shape index (κ2) is 4.41. The molecule has 5 nitrogen and oxygen atoms in total. The zero-order valence-electron chi connectivity index (χ0n) is 8.15. The summed E-state index contributed by atoms with van der Waals surface area (Å²) in [5.74, 6) is 1.33. The fourth-order valence-electron chi connectivity index (χ4n) is 1.62. The number of aliphatic hydroxyl groups is 1. The molecule has 1 fully saturated rings. The topological polar surface area (TPSA) is 62.4 Å². The molecular formula is C9H15N3O2. The maximum atomic E-state index is 8.65. The molecule has 0 amide bonds. The van der Waals surface area contributed by atoms with Crippen molar-refractivity contribution in [3.05, 3.63) is 5.89 Å². The van der Waals surface area contributed by atoms with Crippen molar-refractivity contribution in [2.24, 2.45) is 0 Å².